The number of ether oxygens (including phenoxy) is 2. The average molecular weight is 648 g/mol. The third-order valence-corrected chi connectivity index (χ3v) is 10.2. The number of carbonyl (C=O) groups excluding carboxylic acids is 3. The molecule has 12 nitrogen and oxygen atoms in total. The molecule has 250 valence electrons. The number of hydrogen-bond acceptors (Lipinski definition) is 9. The highest BCUT2D eigenvalue weighted by Gasteiger charge is 2.50. The average Bonchev–Trinajstić information content (AvgIpc) is 3.51. The molecule has 4 rings (SSSR count). The van der Waals surface area contributed by atoms with E-state index in [9.17, 15) is 22.8 Å². The van der Waals surface area contributed by atoms with Gasteiger partial charge in [-0.1, -0.05) is 0 Å². The van der Waals surface area contributed by atoms with Crippen LogP contribution in [0.1, 0.15) is 83.9 Å². The first-order chi connectivity index (χ1) is 20.8. The van der Waals surface area contributed by atoms with Gasteiger partial charge in [0.1, 0.15) is 29.1 Å². The summed E-state index contributed by atoms with van der Waals surface area (Å²) in [4.78, 5) is 44.5. The second-order valence-electron chi connectivity index (χ2n) is 14.3. The van der Waals surface area contributed by atoms with E-state index in [2.05, 4.69) is 10.6 Å². The van der Waals surface area contributed by atoms with Gasteiger partial charge in [0.2, 0.25) is 10.0 Å². The van der Waals surface area contributed by atoms with E-state index >= 15 is 0 Å². The zero-order valence-electron chi connectivity index (χ0n) is 27.9. The summed E-state index contributed by atoms with van der Waals surface area (Å²) in [5.41, 5.74) is 1.37. The van der Waals surface area contributed by atoms with Crippen LogP contribution in [0.2, 0.25) is 0 Å². The van der Waals surface area contributed by atoms with Gasteiger partial charge in [0.05, 0.1) is 11.8 Å². The molecule has 1 spiro atoms. The molecule has 2 amide bonds. The van der Waals surface area contributed by atoms with E-state index in [1.54, 1.807) is 4.90 Å². The highest BCUT2D eigenvalue weighted by atomic mass is 32.2. The van der Waals surface area contributed by atoms with Crippen molar-refractivity contribution in [3.05, 3.63) is 28.8 Å². The molecule has 2 fully saturated rings. The second-order valence-corrected chi connectivity index (χ2v) is 16.4. The number of amidine groups is 1. The number of anilines is 1. The molecule has 3 heterocycles. The molecule has 13 heteroatoms. The SMILES string of the molecule is Cc1cc(NCC(=O)OC(C)(C)C)cc(C)c1CCS(=O)(=O)N1CCC2(CC1)N=C(C1CCCN1C(=O)OC(C)(C)C)NC2=O. The van der Waals surface area contributed by atoms with Crippen molar-refractivity contribution in [2.75, 3.05) is 37.2 Å². The van der Waals surface area contributed by atoms with Crippen molar-refractivity contribution in [3.8, 4) is 0 Å². The Morgan fingerprint density at radius 1 is 1.02 bits per heavy atom. The minimum Gasteiger partial charge on any atom is -0.459 e. The lowest BCUT2D eigenvalue weighted by molar-refractivity contribution is -0.152. The van der Waals surface area contributed by atoms with Crippen molar-refractivity contribution in [2.45, 2.75) is 110 Å². The summed E-state index contributed by atoms with van der Waals surface area (Å²) in [6.07, 6.45) is 1.92. The van der Waals surface area contributed by atoms with Crippen molar-refractivity contribution in [1.29, 1.82) is 0 Å². The Balaban J connectivity index is 1.35. The number of likely N-dealkylation sites (tertiary alicyclic amines) is 1. The molecule has 1 unspecified atom stereocenters. The van der Waals surface area contributed by atoms with Crippen LogP contribution in [-0.2, 0) is 35.5 Å². The number of nitrogens with one attached hydrogen (secondary N) is 2. The van der Waals surface area contributed by atoms with Crippen LogP contribution in [0, 0.1) is 13.8 Å². The van der Waals surface area contributed by atoms with Crippen LogP contribution in [-0.4, -0.2) is 96.1 Å². The lowest BCUT2D eigenvalue weighted by Gasteiger charge is -2.34. The van der Waals surface area contributed by atoms with E-state index in [0.717, 1.165) is 28.8 Å². The van der Waals surface area contributed by atoms with E-state index in [4.69, 9.17) is 14.5 Å². The van der Waals surface area contributed by atoms with Crippen molar-refractivity contribution >= 4 is 39.5 Å². The van der Waals surface area contributed by atoms with Gasteiger partial charge in [-0.15, -0.1) is 0 Å². The zero-order valence-corrected chi connectivity index (χ0v) is 28.7. The van der Waals surface area contributed by atoms with Crippen molar-refractivity contribution in [1.82, 2.24) is 14.5 Å². The Hall–Kier alpha value is -3.19. The molecule has 0 radical (unpaired) electrons. The molecule has 0 aliphatic carbocycles. The fraction of sp³-hybridized carbons (Fsp3) is 0.688. The Labute approximate surface area is 267 Å². The van der Waals surface area contributed by atoms with Crippen molar-refractivity contribution < 1.29 is 32.3 Å². The van der Waals surface area contributed by atoms with Gasteiger partial charge in [-0.2, -0.15) is 0 Å². The van der Waals surface area contributed by atoms with E-state index in [1.165, 1.54) is 4.31 Å². The fourth-order valence-electron chi connectivity index (χ4n) is 6.16. The molecule has 3 aliphatic heterocycles. The monoisotopic (exact) mass is 647 g/mol. The van der Waals surface area contributed by atoms with Crippen LogP contribution in [0.25, 0.3) is 0 Å². The normalized spacial score (nSPS) is 20.6. The van der Waals surface area contributed by atoms with Crippen molar-refractivity contribution in [3.63, 3.8) is 0 Å². The van der Waals surface area contributed by atoms with Gasteiger partial charge in [0, 0.05) is 25.3 Å². The van der Waals surface area contributed by atoms with E-state index in [0.29, 0.717) is 25.2 Å². The topological polar surface area (TPSA) is 147 Å². The Kier molecular flexibility index (Phi) is 9.94. The van der Waals surface area contributed by atoms with Gasteiger partial charge in [-0.3, -0.25) is 19.5 Å². The molecule has 0 aromatic heterocycles. The summed E-state index contributed by atoms with van der Waals surface area (Å²) >= 11 is 0. The molecular formula is C32H49N5O7S. The maximum Gasteiger partial charge on any atom is 0.410 e. The van der Waals surface area contributed by atoms with Gasteiger partial charge in [-0.05, 0) is 116 Å². The molecular weight excluding hydrogens is 598 g/mol. The lowest BCUT2D eigenvalue weighted by Crippen LogP contribution is -2.51. The summed E-state index contributed by atoms with van der Waals surface area (Å²) in [5, 5.41) is 6.00. The molecule has 1 atom stereocenters. The van der Waals surface area contributed by atoms with Crippen LogP contribution in [0.3, 0.4) is 0 Å². The fourth-order valence-corrected chi connectivity index (χ4v) is 7.62. The van der Waals surface area contributed by atoms with E-state index in [1.807, 2.05) is 67.5 Å². The van der Waals surface area contributed by atoms with Crippen LogP contribution < -0.4 is 10.6 Å². The summed E-state index contributed by atoms with van der Waals surface area (Å²) in [6, 6.07) is 3.45. The third kappa shape index (κ3) is 8.55. The summed E-state index contributed by atoms with van der Waals surface area (Å²) in [6.45, 7) is 15.7. The molecule has 2 saturated heterocycles. The predicted molar refractivity (Wildman–Crippen MR) is 173 cm³/mol. The molecule has 0 bridgehead atoms. The summed E-state index contributed by atoms with van der Waals surface area (Å²) < 4.78 is 39.2. The number of aryl methyl sites for hydroxylation is 2. The summed E-state index contributed by atoms with van der Waals surface area (Å²) in [5.74, 6) is -0.179. The Morgan fingerprint density at radius 3 is 2.20 bits per heavy atom. The first kappa shape index (κ1) is 34.7. The maximum atomic E-state index is 13.4. The molecule has 0 saturated carbocycles. The van der Waals surface area contributed by atoms with Gasteiger partial charge in [0.15, 0.2) is 0 Å². The standard InChI is InChI=1S/C32H49N5O7S/c1-21-18-23(33-20-26(38)43-30(3,4)5)19-22(2)24(21)11-17-45(41,42)36-15-12-32(13-16-36)28(39)34-27(35-32)25-10-9-14-37(25)29(40)44-31(6,7)8/h18-19,25,33H,9-17,20H2,1-8H3,(H,34,35,39). The van der Waals surface area contributed by atoms with Gasteiger partial charge < -0.3 is 20.1 Å². The number of sulfonamides is 1. The van der Waals surface area contributed by atoms with E-state index < -0.39 is 32.9 Å². The number of carbonyl (C=O) groups is 3. The number of piperidine rings is 1. The number of amides is 2. The largest absolute Gasteiger partial charge is 0.459 e. The van der Waals surface area contributed by atoms with Gasteiger partial charge in [0.25, 0.3) is 5.91 Å². The van der Waals surface area contributed by atoms with Gasteiger partial charge in [-0.25, -0.2) is 17.5 Å². The zero-order chi connectivity index (χ0) is 33.4. The van der Waals surface area contributed by atoms with E-state index in [-0.39, 0.29) is 56.1 Å². The minimum absolute atomic E-state index is 0.0343. The molecule has 3 aliphatic rings. The predicted octanol–water partition coefficient (Wildman–Crippen LogP) is 3.69. The number of esters is 1. The number of benzene rings is 1. The lowest BCUT2D eigenvalue weighted by atomic mass is 9.89. The molecule has 1 aromatic carbocycles. The van der Waals surface area contributed by atoms with Crippen LogP contribution in [0.5, 0.6) is 0 Å². The first-order valence-corrected chi connectivity index (χ1v) is 17.3. The third-order valence-electron chi connectivity index (χ3n) is 8.30. The van der Waals surface area contributed by atoms with Crippen molar-refractivity contribution in [2.24, 2.45) is 4.99 Å². The summed E-state index contributed by atoms with van der Waals surface area (Å²) in [7, 11) is -3.59. The van der Waals surface area contributed by atoms with Crippen LogP contribution in [0.4, 0.5) is 10.5 Å². The number of rotatable bonds is 8. The highest BCUT2D eigenvalue weighted by Crippen LogP contribution is 2.34. The molecule has 1 aromatic rings. The molecule has 45 heavy (non-hydrogen) atoms. The van der Waals surface area contributed by atoms with Crippen LogP contribution in [0.15, 0.2) is 17.1 Å². The Morgan fingerprint density at radius 2 is 1.62 bits per heavy atom. The number of nitrogens with zero attached hydrogens (tertiary/aromatic N) is 3. The molecule has 2 N–H and O–H groups in total. The quantitative estimate of drug-likeness (QED) is 0.407. The van der Waals surface area contributed by atoms with Gasteiger partial charge >= 0.3 is 12.1 Å². The second kappa shape index (κ2) is 12.9. The highest BCUT2D eigenvalue weighted by molar-refractivity contribution is 7.89. The van der Waals surface area contributed by atoms with Crippen LogP contribution >= 0.6 is 0 Å². The first-order valence-electron chi connectivity index (χ1n) is 15.7. The number of hydrogen-bond donors (Lipinski definition) is 2. The Bertz CT molecular complexity index is 1430. The number of aliphatic imine (C=N–C) groups is 1. The maximum absolute atomic E-state index is 13.4. The smallest absolute Gasteiger partial charge is 0.410 e. The minimum atomic E-state index is -3.59.